The fraction of sp³-hybridized carbons (Fsp3) is 0.880. The minimum atomic E-state index is -0.0697. The monoisotopic (exact) mass is 800 g/mol. The van der Waals surface area contributed by atoms with Gasteiger partial charge in [0, 0.05) is 38.0 Å². The lowest BCUT2D eigenvalue weighted by atomic mass is 9.97. The third-order valence-electron chi connectivity index (χ3n) is 12.4. The molecule has 0 aromatic heterocycles. The van der Waals surface area contributed by atoms with Crippen LogP contribution in [0.2, 0.25) is 0 Å². The summed E-state index contributed by atoms with van der Waals surface area (Å²) in [6.07, 6.45) is 47.9. The van der Waals surface area contributed by atoms with Crippen molar-refractivity contribution in [3.63, 3.8) is 0 Å². The Morgan fingerprint density at radius 3 is 1.30 bits per heavy atom. The van der Waals surface area contributed by atoms with Crippen molar-refractivity contribution in [3.05, 3.63) is 24.3 Å². The summed E-state index contributed by atoms with van der Waals surface area (Å²) in [4.78, 5) is 30.3. The van der Waals surface area contributed by atoms with Gasteiger partial charge in [0.1, 0.15) is 13.2 Å². The molecule has 2 heterocycles. The molecule has 0 saturated carbocycles. The van der Waals surface area contributed by atoms with Crippen LogP contribution in [0.5, 0.6) is 0 Å². The van der Waals surface area contributed by atoms with Gasteiger partial charge in [-0.1, -0.05) is 141 Å². The SMILES string of the molecule is CCCCCCCC/C=C\CCCCCCCC(=O)OCCN(CCOC(=O)CCCCCCC/C=C\CCCCCCCC)C1CCN(C2CCNCC2)CC1. The van der Waals surface area contributed by atoms with Crippen LogP contribution in [0.25, 0.3) is 0 Å². The van der Waals surface area contributed by atoms with E-state index in [1.54, 1.807) is 0 Å². The van der Waals surface area contributed by atoms with Crippen molar-refractivity contribution in [3.8, 4) is 0 Å². The summed E-state index contributed by atoms with van der Waals surface area (Å²) in [7, 11) is 0. The molecule has 2 rings (SSSR count). The lowest BCUT2D eigenvalue weighted by Gasteiger charge is -2.42. The normalized spacial score (nSPS) is 16.1. The van der Waals surface area contributed by atoms with Crippen molar-refractivity contribution in [2.75, 3.05) is 52.5 Å². The summed E-state index contributed by atoms with van der Waals surface area (Å²) in [5.41, 5.74) is 0. The first-order valence-electron chi connectivity index (χ1n) is 24.9. The van der Waals surface area contributed by atoms with Crippen LogP contribution in [-0.4, -0.2) is 86.3 Å². The van der Waals surface area contributed by atoms with Gasteiger partial charge in [-0.25, -0.2) is 0 Å². The van der Waals surface area contributed by atoms with Gasteiger partial charge in [-0.3, -0.25) is 14.5 Å². The summed E-state index contributed by atoms with van der Waals surface area (Å²) in [5, 5.41) is 3.50. The number of nitrogens with zero attached hydrogens (tertiary/aromatic N) is 2. The number of unbranched alkanes of at least 4 members (excludes halogenated alkanes) is 22. The highest BCUT2D eigenvalue weighted by Crippen LogP contribution is 2.22. The molecule has 0 amide bonds. The standard InChI is InChI=1S/C50H93N3O4/c1-3-5-7-9-11-13-15-17-19-21-23-25-27-29-31-33-49(54)56-45-43-53(48-37-41-52(42-38-48)47-35-39-51-40-36-47)44-46-57-50(55)34-32-30-28-26-24-22-20-18-16-14-12-10-8-6-4-2/h17-20,47-48,51H,3-16,21-46H2,1-2H3/b19-17-,20-18-. The number of carbonyl (C=O) groups is 2. The number of piperidine rings is 2. The molecule has 2 saturated heterocycles. The zero-order valence-corrected chi connectivity index (χ0v) is 37.8. The highest BCUT2D eigenvalue weighted by molar-refractivity contribution is 5.69. The molecule has 0 aliphatic carbocycles. The highest BCUT2D eigenvalue weighted by atomic mass is 16.5. The number of ether oxygens (including phenoxy) is 2. The minimum Gasteiger partial charge on any atom is -0.464 e. The molecular formula is C50H93N3O4. The lowest BCUT2D eigenvalue weighted by Crippen LogP contribution is -2.51. The molecular weight excluding hydrogens is 707 g/mol. The Labute approximate surface area is 353 Å². The van der Waals surface area contributed by atoms with Crippen molar-refractivity contribution < 1.29 is 19.1 Å². The lowest BCUT2D eigenvalue weighted by molar-refractivity contribution is -0.145. The second-order valence-corrected chi connectivity index (χ2v) is 17.4. The van der Waals surface area contributed by atoms with Gasteiger partial charge in [-0.05, 0) is 116 Å². The van der Waals surface area contributed by atoms with E-state index in [2.05, 4.69) is 53.3 Å². The Kier molecular flexibility index (Phi) is 34.7. The average molecular weight is 800 g/mol. The van der Waals surface area contributed by atoms with Gasteiger partial charge in [0.2, 0.25) is 0 Å². The average Bonchev–Trinajstić information content (AvgIpc) is 3.23. The Morgan fingerprint density at radius 2 is 0.895 bits per heavy atom. The van der Waals surface area contributed by atoms with Crippen LogP contribution < -0.4 is 5.32 Å². The number of hydrogen-bond acceptors (Lipinski definition) is 7. The van der Waals surface area contributed by atoms with E-state index in [0.29, 0.717) is 51.2 Å². The van der Waals surface area contributed by atoms with Gasteiger partial charge in [0.05, 0.1) is 0 Å². The molecule has 0 unspecified atom stereocenters. The fourth-order valence-corrected chi connectivity index (χ4v) is 8.64. The molecule has 2 aliphatic rings. The predicted octanol–water partition coefficient (Wildman–Crippen LogP) is 12.7. The Bertz CT molecular complexity index is 915. The third kappa shape index (κ3) is 30.1. The van der Waals surface area contributed by atoms with E-state index in [4.69, 9.17) is 9.47 Å². The summed E-state index contributed by atoms with van der Waals surface area (Å²) in [6.45, 7) is 11.3. The van der Waals surface area contributed by atoms with Crippen molar-refractivity contribution in [1.29, 1.82) is 0 Å². The molecule has 1 N–H and O–H groups in total. The molecule has 7 nitrogen and oxygen atoms in total. The molecule has 2 aliphatic heterocycles. The molecule has 57 heavy (non-hydrogen) atoms. The van der Waals surface area contributed by atoms with Crippen molar-refractivity contribution >= 4 is 11.9 Å². The van der Waals surface area contributed by atoms with Crippen LogP contribution in [0, 0.1) is 0 Å². The third-order valence-corrected chi connectivity index (χ3v) is 12.4. The molecule has 7 heteroatoms. The predicted molar refractivity (Wildman–Crippen MR) is 243 cm³/mol. The summed E-state index contributed by atoms with van der Waals surface area (Å²) < 4.78 is 11.5. The Morgan fingerprint density at radius 1 is 0.526 bits per heavy atom. The summed E-state index contributed by atoms with van der Waals surface area (Å²) >= 11 is 0. The smallest absolute Gasteiger partial charge is 0.305 e. The second-order valence-electron chi connectivity index (χ2n) is 17.4. The van der Waals surface area contributed by atoms with Crippen LogP contribution in [0.4, 0.5) is 0 Å². The Hall–Kier alpha value is -1.70. The number of allylic oxidation sites excluding steroid dienone is 4. The van der Waals surface area contributed by atoms with E-state index in [-0.39, 0.29) is 11.9 Å². The molecule has 332 valence electrons. The molecule has 0 aromatic carbocycles. The molecule has 0 atom stereocenters. The van der Waals surface area contributed by atoms with Crippen molar-refractivity contribution in [2.24, 2.45) is 0 Å². The minimum absolute atomic E-state index is 0.0697. The zero-order chi connectivity index (χ0) is 40.7. The van der Waals surface area contributed by atoms with Crippen molar-refractivity contribution in [2.45, 2.75) is 231 Å². The van der Waals surface area contributed by atoms with Gasteiger partial charge in [0.15, 0.2) is 0 Å². The first-order valence-corrected chi connectivity index (χ1v) is 24.9. The molecule has 0 radical (unpaired) electrons. The van der Waals surface area contributed by atoms with Crippen molar-refractivity contribution in [1.82, 2.24) is 15.1 Å². The topological polar surface area (TPSA) is 71.1 Å². The van der Waals surface area contributed by atoms with E-state index < -0.39 is 0 Å². The quantitative estimate of drug-likeness (QED) is 0.0379. The Balaban J connectivity index is 1.56. The number of likely N-dealkylation sites (tertiary alicyclic amines) is 1. The van der Waals surface area contributed by atoms with Crippen LogP contribution in [0.3, 0.4) is 0 Å². The van der Waals surface area contributed by atoms with Crippen LogP contribution in [-0.2, 0) is 19.1 Å². The second kappa shape index (κ2) is 38.5. The van der Waals surface area contributed by atoms with Gasteiger partial charge < -0.3 is 19.7 Å². The maximum absolute atomic E-state index is 12.6. The molecule has 0 spiro atoms. The molecule has 0 bridgehead atoms. The van der Waals surface area contributed by atoms with Crippen LogP contribution in [0.15, 0.2) is 24.3 Å². The van der Waals surface area contributed by atoms with Gasteiger partial charge in [0.25, 0.3) is 0 Å². The van der Waals surface area contributed by atoms with Crippen LogP contribution >= 0.6 is 0 Å². The number of nitrogens with one attached hydrogen (secondary N) is 1. The van der Waals surface area contributed by atoms with E-state index in [0.717, 1.165) is 64.7 Å². The van der Waals surface area contributed by atoms with Gasteiger partial charge >= 0.3 is 11.9 Å². The molecule has 2 fully saturated rings. The number of rotatable bonds is 38. The van der Waals surface area contributed by atoms with Gasteiger partial charge in [-0.15, -0.1) is 0 Å². The van der Waals surface area contributed by atoms with Crippen LogP contribution in [0.1, 0.15) is 219 Å². The fourth-order valence-electron chi connectivity index (χ4n) is 8.64. The van der Waals surface area contributed by atoms with E-state index in [1.807, 2.05) is 0 Å². The van der Waals surface area contributed by atoms with Gasteiger partial charge in [-0.2, -0.15) is 0 Å². The maximum atomic E-state index is 12.6. The maximum Gasteiger partial charge on any atom is 0.305 e. The first-order chi connectivity index (χ1) is 28.1. The van der Waals surface area contributed by atoms with E-state index in [9.17, 15) is 9.59 Å². The first kappa shape index (κ1) is 51.4. The van der Waals surface area contributed by atoms with E-state index in [1.165, 1.54) is 154 Å². The largest absolute Gasteiger partial charge is 0.464 e. The van der Waals surface area contributed by atoms with E-state index >= 15 is 0 Å². The zero-order valence-electron chi connectivity index (χ0n) is 37.8. The highest BCUT2D eigenvalue weighted by Gasteiger charge is 2.29. The number of hydrogen-bond donors (Lipinski definition) is 1. The summed E-state index contributed by atoms with van der Waals surface area (Å²) in [5.74, 6) is -0.139. The number of esters is 2. The summed E-state index contributed by atoms with van der Waals surface area (Å²) in [6, 6.07) is 1.15. The molecule has 0 aromatic rings. The number of carbonyl (C=O) groups excluding carboxylic acids is 2.